The van der Waals surface area contributed by atoms with Crippen LogP contribution in [0.25, 0.3) is 0 Å². The van der Waals surface area contributed by atoms with Gasteiger partial charge in [0.05, 0.1) is 24.7 Å². The van der Waals surface area contributed by atoms with Crippen LogP contribution in [0, 0.1) is 6.92 Å². The fourth-order valence-electron chi connectivity index (χ4n) is 4.84. The number of benzene rings is 2. The van der Waals surface area contributed by atoms with Gasteiger partial charge >= 0.3 is 0 Å². The molecule has 2 aromatic carbocycles. The highest BCUT2D eigenvalue weighted by Gasteiger charge is 2.19. The van der Waals surface area contributed by atoms with Crippen LogP contribution in [0.4, 0.5) is 0 Å². The topological polar surface area (TPSA) is 61.8 Å². The van der Waals surface area contributed by atoms with Gasteiger partial charge in [-0.15, -0.1) is 0 Å². The van der Waals surface area contributed by atoms with Gasteiger partial charge in [-0.1, -0.05) is 151 Å². The lowest BCUT2D eigenvalue weighted by Crippen LogP contribution is -2.27. The number of unbranched alkanes of at least 4 members (excludes halogenated alkanes) is 15. The second-order valence-electron chi connectivity index (χ2n) is 11.3. The Labute approximate surface area is 251 Å². The molecule has 0 radical (unpaired) electrons. The maximum Gasteiger partial charge on any atom is 0.297 e. The lowest BCUT2D eigenvalue weighted by Gasteiger charge is -2.18. The van der Waals surface area contributed by atoms with E-state index in [1.807, 2.05) is 37.3 Å². The van der Waals surface area contributed by atoms with Crippen LogP contribution in [0.3, 0.4) is 0 Å². The van der Waals surface area contributed by atoms with Gasteiger partial charge in [0.1, 0.15) is 6.10 Å². The van der Waals surface area contributed by atoms with Crippen molar-refractivity contribution >= 4 is 10.1 Å². The lowest BCUT2D eigenvalue weighted by molar-refractivity contribution is -0.0444. The predicted octanol–water partition coefficient (Wildman–Crippen LogP) is 9.56. The van der Waals surface area contributed by atoms with E-state index in [0.29, 0.717) is 19.8 Å². The molecule has 232 valence electrons. The number of aryl methyl sites for hydroxylation is 1. The summed E-state index contributed by atoms with van der Waals surface area (Å²) in [5.41, 5.74) is 2.02. The van der Waals surface area contributed by atoms with Gasteiger partial charge in [-0.05, 0) is 31.0 Å². The SMILES string of the molecule is CCCCCCCCCCCCCCCCCCOCC(COS(=O)(=O)c1ccc(C)cc1)OCc1ccccc1. The monoisotopic (exact) mass is 588 g/mol. The van der Waals surface area contributed by atoms with E-state index in [-0.39, 0.29) is 11.5 Å². The first kappa shape index (κ1) is 35.5. The minimum Gasteiger partial charge on any atom is -0.379 e. The molecular weight excluding hydrogens is 532 g/mol. The Kier molecular flexibility index (Phi) is 19.7. The summed E-state index contributed by atoms with van der Waals surface area (Å²) >= 11 is 0. The molecule has 2 rings (SSSR count). The van der Waals surface area contributed by atoms with Crippen LogP contribution in [0.15, 0.2) is 59.5 Å². The molecule has 0 N–H and O–H groups in total. The summed E-state index contributed by atoms with van der Waals surface area (Å²) in [6.45, 7) is 5.44. The summed E-state index contributed by atoms with van der Waals surface area (Å²) in [5, 5.41) is 0. The largest absolute Gasteiger partial charge is 0.379 e. The van der Waals surface area contributed by atoms with Crippen LogP contribution in [-0.2, 0) is 30.4 Å². The molecule has 0 saturated heterocycles. The summed E-state index contributed by atoms with van der Waals surface area (Å²) in [7, 11) is -3.85. The van der Waals surface area contributed by atoms with Crippen molar-refractivity contribution < 1.29 is 22.1 Å². The number of hydrogen-bond donors (Lipinski definition) is 0. The third-order valence-corrected chi connectivity index (χ3v) is 8.79. The van der Waals surface area contributed by atoms with Crippen LogP contribution in [0.2, 0.25) is 0 Å². The predicted molar refractivity (Wildman–Crippen MR) is 170 cm³/mol. The normalized spacial score (nSPS) is 12.5. The Morgan fingerprint density at radius 3 is 1.68 bits per heavy atom. The Bertz CT molecular complexity index is 975. The molecule has 0 aliphatic heterocycles. The van der Waals surface area contributed by atoms with E-state index in [4.69, 9.17) is 13.7 Å². The first-order chi connectivity index (χ1) is 20.0. The van der Waals surface area contributed by atoms with Crippen molar-refractivity contribution in [1.82, 2.24) is 0 Å². The molecule has 0 saturated carbocycles. The van der Waals surface area contributed by atoms with Gasteiger partial charge in [0.15, 0.2) is 0 Å². The highest BCUT2D eigenvalue weighted by atomic mass is 32.2. The Morgan fingerprint density at radius 2 is 1.15 bits per heavy atom. The lowest BCUT2D eigenvalue weighted by atomic mass is 10.0. The van der Waals surface area contributed by atoms with E-state index in [1.54, 1.807) is 24.3 Å². The molecule has 0 spiro atoms. The zero-order valence-corrected chi connectivity index (χ0v) is 26.7. The molecule has 41 heavy (non-hydrogen) atoms. The van der Waals surface area contributed by atoms with Gasteiger partial charge in [-0.3, -0.25) is 4.18 Å². The minimum atomic E-state index is -3.85. The molecule has 0 bridgehead atoms. The van der Waals surface area contributed by atoms with Gasteiger partial charge in [0.2, 0.25) is 0 Å². The zero-order chi connectivity index (χ0) is 29.4. The molecular formula is C35H56O5S. The molecule has 0 amide bonds. The second kappa shape index (κ2) is 22.8. The van der Waals surface area contributed by atoms with Crippen LogP contribution < -0.4 is 0 Å². The van der Waals surface area contributed by atoms with Crippen molar-refractivity contribution in [3.8, 4) is 0 Å². The quantitative estimate of drug-likeness (QED) is 0.0809. The van der Waals surface area contributed by atoms with Crippen LogP contribution >= 0.6 is 0 Å². The standard InChI is InChI=1S/C35H56O5S/c1-3-4-5-6-7-8-9-10-11-12-13-14-15-16-17-21-28-38-30-34(39-29-33-22-19-18-20-23-33)31-40-41(36,37)35-26-24-32(2)25-27-35/h18-20,22-27,34H,3-17,21,28-31H2,1-2H3. The van der Waals surface area contributed by atoms with Crippen LogP contribution in [0.5, 0.6) is 0 Å². The van der Waals surface area contributed by atoms with Gasteiger partial charge in [-0.25, -0.2) is 0 Å². The molecule has 0 fully saturated rings. The average molecular weight is 589 g/mol. The van der Waals surface area contributed by atoms with E-state index in [9.17, 15) is 8.42 Å². The smallest absolute Gasteiger partial charge is 0.297 e. The van der Waals surface area contributed by atoms with E-state index >= 15 is 0 Å². The van der Waals surface area contributed by atoms with E-state index in [1.165, 1.54) is 89.9 Å². The third-order valence-electron chi connectivity index (χ3n) is 7.49. The van der Waals surface area contributed by atoms with Gasteiger partial charge in [0.25, 0.3) is 10.1 Å². The molecule has 0 aliphatic carbocycles. The first-order valence-electron chi connectivity index (χ1n) is 16.2. The Morgan fingerprint density at radius 1 is 0.634 bits per heavy atom. The summed E-state index contributed by atoms with van der Waals surface area (Å²) in [6.07, 6.45) is 20.9. The van der Waals surface area contributed by atoms with Crippen molar-refractivity contribution in [3.05, 3.63) is 65.7 Å². The third kappa shape index (κ3) is 17.7. The van der Waals surface area contributed by atoms with Crippen LogP contribution in [-0.4, -0.2) is 34.3 Å². The van der Waals surface area contributed by atoms with Gasteiger partial charge in [-0.2, -0.15) is 8.42 Å². The molecule has 0 aliphatic rings. The van der Waals surface area contributed by atoms with Crippen molar-refractivity contribution in [1.29, 1.82) is 0 Å². The Hall–Kier alpha value is -1.73. The summed E-state index contributed by atoms with van der Waals surface area (Å²) < 4.78 is 42.5. The Balaban J connectivity index is 1.55. The van der Waals surface area contributed by atoms with E-state index in [2.05, 4.69) is 6.92 Å². The first-order valence-corrected chi connectivity index (χ1v) is 17.6. The summed E-state index contributed by atoms with van der Waals surface area (Å²) in [4.78, 5) is 0.152. The fourth-order valence-corrected chi connectivity index (χ4v) is 5.77. The highest BCUT2D eigenvalue weighted by molar-refractivity contribution is 7.86. The van der Waals surface area contributed by atoms with Gasteiger partial charge < -0.3 is 9.47 Å². The molecule has 1 unspecified atom stereocenters. The molecule has 0 aromatic heterocycles. The molecule has 6 heteroatoms. The minimum absolute atomic E-state index is 0.0813. The maximum absolute atomic E-state index is 12.6. The second-order valence-corrected chi connectivity index (χ2v) is 13.0. The van der Waals surface area contributed by atoms with Crippen molar-refractivity contribution in [2.45, 2.75) is 134 Å². The van der Waals surface area contributed by atoms with Crippen molar-refractivity contribution in [2.24, 2.45) is 0 Å². The molecule has 1 atom stereocenters. The van der Waals surface area contributed by atoms with E-state index < -0.39 is 16.2 Å². The maximum atomic E-state index is 12.6. The zero-order valence-electron chi connectivity index (χ0n) is 25.9. The number of rotatable bonds is 26. The van der Waals surface area contributed by atoms with E-state index in [0.717, 1.165) is 24.0 Å². The number of ether oxygens (including phenoxy) is 2. The number of hydrogen-bond acceptors (Lipinski definition) is 5. The van der Waals surface area contributed by atoms with Crippen LogP contribution in [0.1, 0.15) is 121 Å². The fraction of sp³-hybridized carbons (Fsp3) is 0.657. The van der Waals surface area contributed by atoms with Crippen molar-refractivity contribution in [3.63, 3.8) is 0 Å². The summed E-state index contributed by atoms with van der Waals surface area (Å²) in [5.74, 6) is 0. The molecule has 5 nitrogen and oxygen atoms in total. The van der Waals surface area contributed by atoms with Crippen molar-refractivity contribution in [2.75, 3.05) is 19.8 Å². The highest BCUT2D eigenvalue weighted by Crippen LogP contribution is 2.16. The average Bonchev–Trinajstić information content (AvgIpc) is 2.98. The summed E-state index contributed by atoms with van der Waals surface area (Å²) in [6, 6.07) is 16.5. The molecule has 0 heterocycles. The molecule has 2 aromatic rings. The van der Waals surface area contributed by atoms with Gasteiger partial charge in [0, 0.05) is 6.61 Å².